The molecule has 0 bridgehead atoms. The number of ketones is 1. The van der Waals surface area contributed by atoms with Crippen molar-refractivity contribution >= 4 is 27.5 Å². The molecule has 0 aliphatic carbocycles. The Kier molecular flexibility index (Phi) is 6.61. The quantitative estimate of drug-likeness (QED) is 0.418. The lowest BCUT2D eigenvalue weighted by atomic mass is 10.1. The van der Waals surface area contributed by atoms with Crippen molar-refractivity contribution in [2.45, 2.75) is 13.0 Å². The minimum atomic E-state index is -3.43. The lowest BCUT2D eigenvalue weighted by Crippen LogP contribution is -2.24. The van der Waals surface area contributed by atoms with Crippen LogP contribution in [0.5, 0.6) is 11.6 Å². The first-order valence-electron chi connectivity index (χ1n) is 9.09. The highest BCUT2D eigenvalue weighted by atomic mass is 32.2. The number of aromatic nitrogens is 2. The molecule has 31 heavy (non-hydrogen) atoms. The molecular weight excluding hydrogens is 422 g/mol. The molecule has 0 saturated heterocycles. The second-order valence-corrected chi connectivity index (χ2v) is 8.26. The van der Waals surface area contributed by atoms with Crippen molar-refractivity contribution in [3.8, 4) is 11.6 Å². The molecule has 10 heteroatoms. The number of anilines is 1. The summed E-state index contributed by atoms with van der Waals surface area (Å²) in [7, 11) is -3.43. The topological polar surface area (TPSA) is 125 Å². The van der Waals surface area contributed by atoms with Crippen LogP contribution in [0.1, 0.15) is 27.6 Å². The van der Waals surface area contributed by atoms with E-state index in [1.807, 2.05) is 0 Å². The molecule has 1 atom stereocenters. The lowest BCUT2D eigenvalue weighted by molar-refractivity contribution is 0.0316. The summed E-state index contributed by atoms with van der Waals surface area (Å²) in [6.45, 7) is 1.45. The van der Waals surface area contributed by atoms with Gasteiger partial charge in [-0.25, -0.2) is 18.2 Å². The van der Waals surface area contributed by atoms with Gasteiger partial charge in [0.25, 0.3) is 0 Å². The fourth-order valence-corrected chi connectivity index (χ4v) is 3.14. The number of hydrogen-bond acceptors (Lipinski definition) is 8. The standard InChI is InChI=1S/C21H19N3O6S/c1-14(19(25)15-7-9-16(10-8-15)24-31(2,27)28)29-21(26)18-6-4-12-23-20(18)30-17-5-3-11-22-13-17/h3-14,24H,1-2H3. The van der Waals surface area contributed by atoms with Gasteiger partial charge >= 0.3 is 5.97 Å². The summed E-state index contributed by atoms with van der Waals surface area (Å²) < 4.78 is 35.8. The number of Topliss-reactive ketones (excluding diaryl/α,β-unsaturated/α-hetero) is 1. The van der Waals surface area contributed by atoms with E-state index in [1.54, 1.807) is 24.4 Å². The van der Waals surface area contributed by atoms with Crippen LogP contribution in [0.4, 0.5) is 5.69 Å². The van der Waals surface area contributed by atoms with Crippen LogP contribution in [-0.4, -0.2) is 42.5 Å². The number of hydrogen-bond donors (Lipinski definition) is 1. The van der Waals surface area contributed by atoms with E-state index in [0.717, 1.165) is 6.26 Å². The largest absolute Gasteiger partial charge is 0.451 e. The summed E-state index contributed by atoms with van der Waals surface area (Å²) in [6.07, 6.45) is 4.45. The molecule has 0 aliphatic heterocycles. The van der Waals surface area contributed by atoms with Crippen LogP contribution < -0.4 is 9.46 Å². The molecule has 160 valence electrons. The first-order valence-corrected chi connectivity index (χ1v) is 11.0. The summed E-state index contributed by atoms with van der Waals surface area (Å²) in [6, 6.07) is 12.1. The Morgan fingerprint density at radius 2 is 1.74 bits per heavy atom. The molecule has 1 unspecified atom stereocenters. The number of pyridine rings is 2. The van der Waals surface area contributed by atoms with Gasteiger partial charge in [0.2, 0.25) is 21.7 Å². The molecule has 0 saturated carbocycles. The van der Waals surface area contributed by atoms with Gasteiger partial charge in [0.15, 0.2) is 6.10 Å². The number of nitrogens with one attached hydrogen (secondary N) is 1. The minimum Gasteiger partial charge on any atom is -0.451 e. The Balaban J connectivity index is 1.70. The van der Waals surface area contributed by atoms with E-state index in [2.05, 4.69) is 14.7 Å². The molecule has 0 amide bonds. The maximum Gasteiger partial charge on any atom is 0.344 e. The molecule has 2 heterocycles. The molecule has 1 aromatic carbocycles. The number of sulfonamides is 1. The Morgan fingerprint density at radius 3 is 2.39 bits per heavy atom. The Hall–Kier alpha value is -3.79. The number of carbonyl (C=O) groups excluding carboxylic acids is 2. The van der Waals surface area contributed by atoms with Crippen molar-refractivity contribution in [3.05, 3.63) is 78.2 Å². The predicted octanol–water partition coefficient (Wildman–Crippen LogP) is 3.07. The van der Waals surface area contributed by atoms with Crippen molar-refractivity contribution in [1.29, 1.82) is 0 Å². The van der Waals surface area contributed by atoms with E-state index < -0.39 is 27.9 Å². The molecule has 2 aromatic heterocycles. The highest BCUT2D eigenvalue weighted by Gasteiger charge is 2.23. The Labute approximate surface area is 179 Å². The van der Waals surface area contributed by atoms with Gasteiger partial charge in [-0.3, -0.25) is 14.5 Å². The van der Waals surface area contributed by atoms with Crippen LogP contribution in [0, 0.1) is 0 Å². The lowest BCUT2D eigenvalue weighted by Gasteiger charge is -2.14. The zero-order chi connectivity index (χ0) is 22.4. The molecule has 1 N–H and O–H groups in total. The fraction of sp³-hybridized carbons (Fsp3) is 0.143. The third-order valence-corrected chi connectivity index (χ3v) is 4.57. The molecule has 0 radical (unpaired) electrons. The van der Waals surface area contributed by atoms with Crippen molar-refractivity contribution in [2.24, 2.45) is 0 Å². The zero-order valence-corrected chi connectivity index (χ0v) is 17.5. The van der Waals surface area contributed by atoms with E-state index in [0.29, 0.717) is 11.4 Å². The van der Waals surface area contributed by atoms with E-state index in [-0.39, 0.29) is 17.0 Å². The molecule has 9 nitrogen and oxygen atoms in total. The van der Waals surface area contributed by atoms with Gasteiger partial charge in [0.1, 0.15) is 11.3 Å². The highest BCUT2D eigenvalue weighted by Crippen LogP contribution is 2.23. The van der Waals surface area contributed by atoms with Crippen molar-refractivity contribution < 1.29 is 27.5 Å². The van der Waals surface area contributed by atoms with Crippen LogP contribution in [0.25, 0.3) is 0 Å². The summed E-state index contributed by atoms with van der Waals surface area (Å²) in [5, 5.41) is 0. The van der Waals surface area contributed by atoms with Gasteiger partial charge in [0, 0.05) is 23.6 Å². The Bertz CT molecular complexity index is 1180. The van der Waals surface area contributed by atoms with Gasteiger partial charge in [-0.1, -0.05) is 0 Å². The maximum atomic E-state index is 12.6. The number of benzene rings is 1. The van der Waals surface area contributed by atoms with Crippen molar-refractivity contribution in [1.82, 2.24) is 9.97 Å². The van der Waals surface area contributed by atoms with Crippen LogP contribution >= 0.6 is 0 Å². The fourth-order valence-electron chi connectivity index (χ4n) is 2.58. The van der Waals surface area contributed by atoms with Crippen LogP contribution in [0.3, 0.4) is 0 Å². The summed E-state index contributed by atoms with van der Waals surface area (Å²) in [5.74, 6) is -0.806. The molecule has 3 aromatic rings. The first-order chi connectivity index (χ1) is 14.7. The van der Waals surface area contributed by atoms with Gasteiger partial charge in [-0.15, -0.1) is 0 Å². The maximum absolute atomic E-state index is 12.6. The van der Waals surface area contributed by atoms with Gasteiger partial charge in [-0.05, 0) is 55.5 Å². The predicted molar refractivity (Wildman–Crippen MR) is 113 cm³/mol. The van der Waals surface area contributed by atoms with Crippen LogP contribution in [-0.2, 0) is 14.8 Å². The third kappa shape index (κ3) is 6.09. The van der Waals surface area contributed by atoms with E-state index in [1.165, 1.54) is 49.6 Å². The number of rotatable bonds is 8. The van der Waals surface area contributed by atoms with Crippen LogP contribution in [0.15, 0.2) is 67.1 Å². The first kappa shape index (κ1) is 21.9. The molecule has 0 spiro atoms. The van der Waals surface area contributed by atoms with Gasteiger partial charge in [0.05, 0.1) is 12.5 Å². The summed E-state index contributed by atoms with van der Waals surface area (Å²) in [5.41, 5.74) is 0.632. The number of ether oxygens (including phenoxy) is 2. The smallest absolute Gasteiger partial charge is 0.344 e. The average molecular weight is 441 g/mol. The average Bonchev–Trinajstić information content (AvgIpc) is 2.73. The summed E-state index contributed by atoms with van der Waals surface area (Å²) in [4.78, 5) is 33.2. The van der Waals surface area contributed by atoms with E-state index in [4.69, 9.17) is 9.47 Å². The van der Waals surface area contributed by atoms with E-state index >= 15 is 0 Å². The van der Waals surface area contributed by atoms with Crippen LogP contribution in [0.2, 0.25) is 0 Å². The molecule has 0 fully saturated rings. The van der Waals surface area contributed by atoms with Crippen molar-refractivity contribution in [3.63, 3.8) is 0 Å². The normalized spacial score (nSPS) is 11.9. The van der Waals surface area contributed by atoms with Crippen molar-refractivity contribution in [2.75, 3.05) is 11.0 Å². The molecule has 0 aliphatic rings. The summed E-state index contributed by atoms with van der Waals surface area (Å²) >= 11 is 0. The second-order valence-electron chi connectivity index (χ2n) is 6.51. The van der Waals surface area contributed by atoms with Gasteiger partial charge < -0.3 is 9.47 Å². The zero-order valence-electron chi connectivity index (χ0n) is 16.7. The number of esters is 1. The number of carbonyl (C=O) groups is 2. The van der Waals surface area contributed by atoms with Gasteiger partial charge in [-0.2, -0.15) is 0 Å². The number of nitrogens with zero attached hydrogens (tertiary/aromatic N) is 2. The molecular formula is C21H19N3O6S. The Morgan fingerprint density at radius 1 is 1.03 bits per heavy atom. The SMILES string of the molecule is CC(OC(=O)c1cccnc1Oc1cccnc1)C(=O)c1ccc(NS(C)(=O)=O)cc1. The second kappa shape index (κ2) is 9.35. The van der Waals surface area contributed by atoms with E-state index in [9.17, 15) is 18.0 Å². The minimum absolute atomic E-state index is 0.0244. The monoisotopic (exact) mass is 441 g/mol. The third-order valence-electron chi connectivity index (χ3n) is 3.97. The highest BCUT2D eigenvalue weighted by molar-refractivity contribution is 7.92. The molecule has 3 rings (SSSR count).